The highest BCUT2D eigenvalue weighted by Gasteiger charge is 2.35. The summed E-state index contributed by atoms with van der Waals surface area (Å²) in [4.78, 5) is 38.6. The molecule has 1 fully saturated rings. The van der Waals surface area contributed by atoms with E-state index in [1.807, 2.05) is 0 Å². The third-order valence-electron chi connectivity index (χ3n) is 5.38. The lowest BCUT2D eigenvalue weighted by molar-refractivity contribution is 0.0630. The fourth-order valence-electron chi connectivity index (χ4n) is 3.73. The van der Waals surface area contributed by atoms with E-state index in [2.05, 4.69) is 5.32 Å². The fraction of sp³-hybridized carbons (Fsp3) is 0.571. The Morgan fingerprint density at radius 1 is 1.18 bits per heavy atom. The van der Waals surface area contributed by atoms with E-state index in [0.29, 0.717) is 48.7 Å². The molecule has 0 aromatic heterocycles. The number of fused-ring (bicyclic) bond motifs is 1. The molecule has 1 saturated heterocycles. The average Bonchev–Trinajstić information content (AvgIpc) is 2.96. The topological polar surface area (TPSA) is 84.9 Å². The van der Waals surface area contributed by atoms with Crippen LogP contribution in [0.15, 0.2) is 18.2 Å². The summed E-state index contributed by atoms with van der Waals surface area (Å²) in [6, 6.07) is 4.71. The molecule has 7 nitrogen and oxygen atoms in total. The number of rotatable bonds is 9. The first-order valence-corrected chi connectivity index (χ1v) is 9.97. The quantitative estimate of drug-likeness (QED) is 0.518. The molecule has 1 N–H and O–H groups in total. The molecule has 2 heterocycles. The molecule has 0 aliphatic carbocycles. The molecule has 0 saturated carbocycles. The second-order valence-corrected chi connectivity index (χ2v) is 7.32. The van der Waals surface area contributed by atoms with Crippen LogP contribution in [0.2, 0.25) is 0 Å². The molecule has 2 aliphatic heterocycles. The van der Waals surface area contributed by atoms with Gasteiger partial charge in [0.25, 0.3) is 17.7 Å². The van der Waals surface area contributed by atoms with Crippen LogP contribution in [0.3, 0.4) is 0 Å². The van der Waals surface area contributed by atoms with Crippen LogP contribution in [0.25, 0.3) is 0 Å². The van der Waals surface area contributed by atoms with Gasteiger partial charge in [-0.1, -0.05) is 0 Å². The van der Waals surface area contributed by atoms with E-state index < -0.39 is 0 Å². The first-order chi connectivity index (χ1) is 13.6. The summed E-state index contributed by atoms with van der Waals surface area (Å²) in [6.45, 7) is 3.06. The summed E-state index contributed by atoms with van der Waals surface area (Å²) in [5, 5.41) is 2.91. The van der Waals surface area contributed by atoms with E-state index in [1.165, 1.54) is 11.0 Å². The summed E-state index contributed by atoms with van der Waals surface area (Å²) in [5.74, 6) is -0.184. The van der Waals surface area contributed by atoms with Gasteiger partial charge in [0, 0.05) is 45.6 Å². The van der Waals surface area contributed by atoms with Gasteiger partial charge in [0.1, 0.15) is 0 Å². The molecule has 1 aromatic carbocycles. The van der Waals surface area contributed by atoms with Crippen LogP contribution in [0.1, 0.15) is 63.2 Å². The van der Waals surface area contributed by atoms with Gasteiger partial charge < -0.3 is 14.8 Å². The molecule has 2 aliphatic rings. The SMILES string of the molecule is COCCCN1C(=O)c2ccc(C(=O)NCCCC3CCOCC3)cc2C1=O. The van der Waals surface area contributed by atoms with Crippen LogP contribution in [0.5, 0.6) is 0 Å². The van der Waals surface area contributed by atoms with Crippen molar-refractivity contribution in [2.75, 3.05) is 40.0 Å². The highest BCUT2D eigenvalue weighted by atomic mass is 16.5. The van der Waals surface area contributed by atoms with Crippen molar-refractivity contribution in [2.24, 2.45) is 5.92 Å². The van der Waals surface area contributed by atoms with Gasteiger partial charge in [-0.3, -0.25) is 19.3 Å². The summed E-state index contributed by atoms with van der Waals surface area (Å²) >= 11 is 0. The van der Waals surface area contributed by atoms with Gasteiger partial charge in [0.15, 0.2) is 0 Å². The van der Waals surface area contributed by atoms with Crippen LogP contribution in [0, 0.1) is 5.92 Å². The first kappa shape index (κ1) is 20.5. The van der Waals surface area contributed by atoms with Gasteiger partial charge >= 0.3 is 0 Å². The van der Waals surface area contributed by atoms with Crippen LogP contribution >= 0.6 is 0 Å². The van der Waals surface area contributed by atoms with Crippen molar-refractivity contribution >= 4 is 17.7 Å². The zero-order valence-electron chi connectivity index (χ0n) is 16.4. The number of benzene rings is 1. The molecule has 0 atom stereocenters. The Bertz CT molecular complexity index is 728. The highest BCUT2D eigenvalue weighted by molar-refractivity contribution is 6.22. The molecule has 28 heavy (non-hydrogen) atoms. The molecular formula is C21H28N2O5. The van der Waals surface area contributed by atoms with Crippen molar-refractivity contribution in [1.29, 1.82) is 0 Å². The lowest BCUT2D eigenvalue weighted by atomic mass is 9.95. The van der Waals surface area contributed by atoms with Gasteiger partial charge in [-0.2, -0.15) is 0 Å². The average molecular weight is 388 g/mol. The molecule has 0 radical (unpaired) electrons. The van der Waals surface area contributed by atoms with E-state index in [0.717, 1.165) is 38.9 Å². The number of nitrogens with one attached hydrogen (secondary N) is 1. The Balaban J connectivity index is 1.53. The standard InChI is InChI=1S/C21H28N2O5/c1-27-11-3-10-23-20(25)17-6-5-16(14-18(17)21(23)26)19(24)22-9-2-4-15-7-12-28-13-8-15/h5-6,14-15H,2-4,7-13H2,1H3,(H,22,24). The van der Waals surface area contributed by atoms with Crippen molar-refractivity contribution in [1.82, 2.24) is 10.2 Å². The van der Waals surface area contributed by atoms with E-state index in [1.54, 1.807) is 19.2 Å². The van der Waals surface area contributed by atoms with Crippen LogP contribution in [-0.2, 0) is 9.47 Å². The maximum absolute atomic E-state index is 12.5. The molecule has 7 heteroatoms. The minimum Gasteiger partial charge on any atom is -0.385 e. The van der Waals surface area contributed by atoms with Crippen molar-refractivity contribution in [2.45, 2.75) is 32.1 Å². The lowest BCUT2D eigenvalue weighted by Gasteiger charge is -2.21. The number of methoxy groups -OCH3 is 1. The predicted molar refractivity (Wildman–Crippen MR) is 103 cm³/mol. The van der Waals surface area contributed by atoms with Crippen LogP contribution < -0.4 is 5.32 Å². The van der Waals surface area contributed by atoms with E-state index >= 15 is 0 Å². The number of carbonyl (C=O) groups is 3. The van der Waals surface area contributed by atoms with E-state index in [4.69, 9.17) is 9.47 Å². The first-order valence-electron chi connectivity index (χ1n) is 9.97. The summed E-state index contributed by atoms with van der Waals surface area (Å²) in [6.07, 6.45) is 4.78. The van der Waals surface area contributed by atoms with Gasteiger partial charge in [0.05, 0.1) is 11.1 Å². The Morgan fingerprint density at radius 2 is 1.93 bits per heavy atom. The number of nitrogens with zero attached hydrogens (tertiary/aromatic N) is 1. The molecule has 0 spiro atoms. The molecule has 1 aromatic rings. The second kappa shape index (κ2) is 9.80. The third kappa shape index (κ3) is 4.77. The Morgan fingerprint density at radius 3 is 2.68 bits per heavy atom. The number of hydrogen-bond acceptors (Lipinski definition) is 5. The van der Waals surface area contributed by atoms with Gasteiger partial charge in [-0.15, -0.1) is 0 Å². The lowest BCUT2D eigenvalue weighted by Crippen LogP contribution is -2.31. The second-order valence-electron chi connectivity index (χ2n) is 7.32. The van der Waals surface area contributed by atoms with Crippen LogP contribution in [-0.4, -0.2) is 62.6 Å². The maximum atomic E-state index is 12.5. The Labute approximate surface area is 165 Å². The number of ether oxygens (including phenoxy) is 2. The number of hydrogen-bond donors (Lipinski definition) is 1. The Kier molecular flexibility index (Phi) is 7.17. The fourth-order valence-corrected chi connectivity index (χ4v) is 3.73. The highest BCUT2D eigenvalue weighted by Crippen LogP contribution is 2.24. The summed E-state index contributed by atoms with van der Waals surface area (Å²) in [5.41, 5.74) is 1.07. The van der Waals surface area contributed by atoms with Crippen molar-refractivity contribution in [3.63, 3.8) is 0 Å². The van der Waals surface area contributed by atoms with Crippen molar-refractivity contribution < 1.29 is 23.9 Å². The number of amides is 3. The minimum absolute atomic E-state index is 0.215. The zero-order valence-corrected chi connectivity index (χ0v) is 16.4. The van der Waals surface area contributed by atoms with Crippen molar-refractivity contribution in [3.05, 3.63) is 34.9 Å². The maximum Gasteiger partial charge on any atom is 0.261 e. The van der Waals surface area contributed by atoms with Gasteiger partial charge in [-0.25, -0.2) is 0 Å². The zero-order chi connectivity index (χ0) is 19.9. The molecule has 0 unspecified atom stereocenters. The van der Waals surface area contributed by atoms with Crippen LogP contribution in [0.4, 0.5) is 0 Å². The van der Waals surface area contributed by atoms with E-state index in [9.17, 15) is 14.4 Å². The predicted octanol–water partition coefficient (Wildman–Crippen LogP) is 2.26. The van der Waals surface area contributed by atoms with E-state index in [-0.39, 0.29) is 17.7 Å². The molecule has 152 valence electrons. The molecule has 3 rings (SSSR count). The third-order valence-corrected chi connectivity index (χ3v) is 5.38. The minimum atomic E-state index is -0.342. The number of imide groups is 1. The molecule has 3 amide bonds. The number of carbonyl (C=O) groups excluding carboxylic acids is 3. The molecule has 0 bridgehead atoms. The molecular weight excluding hydrogens is 360 g/mol. The Hall–Kier alpha value is -2.25. The normalized spacial score (nSPS) is 17.1. The van der Waals surface area contributed by atoms with Crippen molar-refractivity contribution in [3.8, 4) is 0 Å². The van der Waals surface area contributed by atoms with Gasteiger partial charge in [0.2, 0.25) is 0 Å². The monoisotopic (exact) mass is 388 g/mol. The smallest absolute Gasteiger partial charge is 0.261 e. The largest absolute Gasteiger partial charge is 0.385 e. The summed E-state index contributed by atoms with van der Waals surface area (Å²) in [7, 11) is 1.58. The summed E-state index contributed by atoms with van der Waals surface area (Å²) < 4.78 is 10.3. The van der Waals surface area contributed by atoms with Gasteiger partial charge in [-0.05, 0) is 56.2 Å².